The molecule has 94 valence electrons. The van der Waals surface area contributed by atoms with Crippen molar-refractivity contribution >= 4 is 11.6 Å². The van der Waals surface area contributed by atoms with Crippen molar-refractivity contribution in [3.8, 4) is 0 Å². The highest BCUT2D eigenvalue weighted by Gasteiger charge is 2.13. The maximum atomic E-state index is 11.8. The Morgan fingerprint density at radius 2 is 2.41 bits per heavy atom. The van der Waals surface area contributed by atoms with Crippen molar-refractivity contribution < 1.29 is 9.53 Å². The van der Waals surface area contributed by atoms with Crippen LogP contribution in [0.15, 0.2) is 18.3 Å². The van der Waals surface area contributed by atoms with Crippen molar-refractivity contribution in [3.05, 3.63) is 24.0 Å². The topological polar surface area (TPSA) is 77.2 Å². The summed E-state index contributed by atoms with van der Waals surface area (Å²) in [7, 11) is 1.63. The Balaban J connectivity index is 2.46. The number of hydrogen-bond acceptors (Lipinski definition) is 4. The van der Waals surface area contributed by atoms with Crippen LogP contribution >= 0.6 is 0 Å². The zero-order valence-corrected chi connectivity index (χ0v) is 10.3. The Morgan fingerprint density at radius 3 is 3.06 bits per heavy atom. The largest absolute Gasteiger partial charge is 0.385 e. The van der Waals surface area contributed by atoms with Crippen LogP contribution in [-0.2, 0) is 9.53 Å². The Labute approximate surface area is 101 Å². The van der Waals surface area contributed by atoms with Crippen molar-refractivity contribution in [1.82, 2.24) is 4.98 Å². The van der Waals surface area contributed by atoms with Gasteiger partial charge in [-0.2, -0.15) is 0 Å². The van der Waals surface area contributed by atoms with Crippen LogP contribution in [-0.4, -0.2) is 30.6 Å². The molecule has 1 aromatic heterocycles. The number of carbonyl (C=O) groups is 1. The molecular weight excluding hydrogens is 218 g/mol. The van der Waals surface area contributed by atoms with Crippen molar-refractivity contribution in [2.24, 2.45) is 5.73 Å². The minimum atomic E-state index is -0.509. The molecule has 0 radical (unpaired) electrons. The Bertz CT molecular complexity index is 369. The van der Waals surface area contributed by atoms with Crippen LogP contribution in [0.2, 0.25) is 0 Å². The van der Waals surface area contributed by atoms with Gasteiger partial charge in [-0.15, -0.1) is 0 Å². The molecule has 0 aliphatic heterocycles. The average molecular weight is 237 g/mol. The highest BCUT2D eigenvalue weighted by atomic mass is 16.5. The smallest absolute Gasteiger partial charge is 0.241 e. The number of hydrogen-bond donors (Lipinski definition) is 2. The summed E-state index contributed by atoms with van der Waals surface area (Å²) in [5.41, 5.74) is 7.26. The number of nitrogens with zero attached hydrogens (tertiary/aromatic N) is 1. The Hall–Kier alpha value is -1.46. The molecule has 0 aliphatic carbocycles. The molecule has 1 atom stereocenters. The first-order chi connectivity index (χ1) is 8.15. The van der Waals surface area contributed by atoms with E-state index >= 15 is 0 Å². The minimum Gasteiger partial charge on any atom is -0.385 e. The monoisotopic (exact) mass is 237 g/mol. The van der Waals surface area contributed by atoms with E-state index in [2.05, 4.69) is 10.3 Å². The van der Waals surface area contributed by atoms with Crippen LogP contribution in [0, 0.1) is 6.92 Å². The maximum Gasteiger partial charge on any atom is 0.241 e. The third-order valence-electron chi connectivity index (χ3n) is 2.47. The predicted octanol–water partition coefficient (Wildman–Crippen LogP) is 1.08. The first-order valence-electron chi connectivity index (χ1n) is 5.62. The second-order valence-corrected chi connectivity index (χ2v) is 3.87. The number of aromatic nitrogens is 1. The van der Waals surface area contributed by atoms with Gasteiger partial charge in [-0.3, -0.25) is 9.78 Å². The van der Waals surface area contributed by atoms with E-state index in [-0.39, 0.29) is 5.91 Å². The number of anilines is 1. The van der Waals surface area contributed by atoms with Gasteiger partial charge in [-0.25, -0.2) is 0 Å². The van der Waals surface area contributed by atoms with E-state index in [4.69, 9.17) is 10.5 Å². The zero-order chi connectivity index (χ0) is 12.7. The molecule has 5 nitrogen and oxygen atoms in total. The zero-order valence-electron chi connectivity index (χ0n) is 10.3. The molecule has 0 saturated heterocycles. The van der Waals surface area contributed by atoms with Crippen LogP contribution in [0.5, 0.6) is 0 Å². The van der Waals surface area contributed by atoms with Gasteiger partial charge in [0.1, 0.15) is 0 Å². The maximum absolute atomic E-state index is 11.8. The number of rotatable bonds is 6. The Morgan fingerprint density at radius 1 is 1.65 bits per heavy atom. The SMILES string of the molecule is COCCCC(N)C(=O)Nc1cccnc1C. The lowest BCUT2D eigenvalue weighted by Crippen LogP contribution is -2.36. The van der Waals surface area contributed by atoms with E-state index in [0.717, 1.165) is 12.1 Å². The van der Waals surface area contributed by atoms with Gasteiger partial charge in [-0.05, 0) is 31.9 Å². The molecule has 1 heterocycles. The molecule has 1 unspecified atom stereocenters. The molecule has 1 rings (SSSR count). The van der Waals surface area contributed by atoms with E-state index in [1.165, 1.54) is 0 Å². The van der Waals surface area contributed by atoms with Crippen molar-refractivity contribution in [2.45, 2.75) is 25.8 Å². The average Bonchev–Trinajstić information content (AvgIpc) is 2.32. The highest BCUT2D eigenvalue weighted by Crippen LogP contribution is 2.11. The number of aryl methyl sites for hydroxylation is 1. The molecule has 0 aliphatic rings. The van der Waals surface area contributed by atoms with E-state index in [9.17, 15) is 4.79 Å². The molecule has 1 amide bonds. The normalized spacial score (nSPS) is 12.2. The fourth-order valence-electron chi connectivity index (χ4n) is 1.42. The molecule has 3 N–H and O–H groups in total. The fourth-order valence-corrected chi connectivity index (χ4v) is 1.42. The van der Waals surface area contributed by atoms with Crippen LogP contribution in [0.1, 0.15) is 18.5 Å². The van der Waals surface area contributed by atoms with Gasteiger partial charge in [0.25, 0.3) is 0 Å². The quantitative estimate of drug-likeness (QED) is 0.726. The van der Waals surface area contributed by atoms with Crippen molar-refractivity contribution in [3.63, 3.8) is 0 Å². The minimum absolute atomic E-state index is 0.183. The summed E-state index contributed by atoms with van der Waals surface area (Å²) in [5.74, 6) is -0.183. The molecule has 0 saturated carbocycles. The van der Waals surface area contributed by atoms with E-state index in [1.54, 1.807) is 19.4 Å². The summed E-state index contributed by atoms with van der Waals surface area (Å²) in [6.07, 6.45) is 3.07. The molecule has 17 heavy (non-hydrogen) atoms. The summed E-state index contributed by atoms with van der Waals surface area (Å²) in [4.78, 5) is 15.8. The fraction of sp³-hybridized carbons (Fsp3) is 0.500. The molecule has 1 aromatic rings. The number of carbonyl (C=O) groups excluding carboxylic acids is 1. The van der Waals surface area contributed by atoms with Gasteiger partial charge < -0.3 is 15.8 Å². The number of ether oxygens (including phenoxy) is 1. The van der Waals surface area contributed by atoms with Gasteiger partial charge >= 0.3 is 0 Å². The molecule has 0 spiro atoms. The summed E-state index contributed by atoms with van der Waals surface area (Å²) in [6.45, 7) is 2.46. The third-order valence-corrected chi connectivity index (χ3v) is 2.47. The molecular formula is C12H19N3O2. The summed E-state index contributed by atoms with van der Waals surface area (Å²) < 4.78 is 4.91. The lowest BCUT2D eigenvalue weighted by Gasteiger charge is -2.12. The lowest BCUT2D eigenvalue weighted by atomic mass is 10.1. The summed E-state index contributed by atoms with van der Waals surface area (Å²) in [6, 6.07) is 3.08. The number of nitrogens with one attached hydrogen (secondary N) is 1. The standard InChI is InChI=1S/C12H19N3O2/c1-9-11(6-3-7-14-9)15-12(16)10(13)5-4-8-17-2/h3,6-7,10H,4-5,8,13H2,1-2H3,(H,15,16). The van der Waals surface area contributed by atoms with E-state index in [0.29, 0.717) is 18.7 Å². The highest BCUT2D eigenvalue weighted by molar-refractivity contribution is 5.95. The Kier molecular flexibility index (Phi) is 5.59. The second kappa shape index (κ2) is 6.98. The van der Waals surface area contributed by atoms with Gasteiger partial charge in [0, 0.05) is 19.9 Å². The van der Waals surface area contributed by atoms with Crippen molar-refractivity contribution in [1.29, 1.82) is 0 Å². The van der Waals surface area contributed by atoms with Gasteiger partial charge in [0.2, 0.25) is 5.91 Å². The first kappa shape index (κ1) is 13.6. The van der Waals surface area contributed by atoms with Crippen molar-refractivity contribution in [2.75, 3.05) is 19.0 Å². The number of nitrogens with two attached hydrogens (primary N) is 1. The lowest BCUT2D eigenvalue weighted by molar-refractivity contribution is -0.117. The predicted molar refractivity (Wildman–Crippen MR) is 66.7 cm³/mol. The number of pyridine rings is 1. The second-order valence-electron chi connectivity index (χ2n) is 3.87. The number of methoxy groups -OCH3 is 1. The summed E-state index contributed by atoms with van der Waals surface area (Å²) in [5, 5.41) is 2.77. The molecule has 5 heteroatoms. The van der Waals surface area contributed by atoms with Gasteiger partial charge in [-0.1, -0.05) is 0 Å². The first-order valence-corrected chi connectivity index (χ1v) is 5.62. The van der Waals surface area contributed by atoms with Gasteiger partial charge in [0.05, 0.1) is 17.4 Å². The van der Waals surface area contributed by atoms with Crippen LogP contribution < -0.4 is 11.1 Å². The molecule has 0 bridgehead atoms. The molecule has 0 fully saturated rings. The van der Waals surface area contributed by atoms with Crippen LogP contribution in [0.3, 0.4) is 0 Å². The van der Waals surface area contributed by atoms with Crippen LogP contribution in [0.25, 0.3) is 0 Å². The summed E-state index contributed by atoms with van der Waals surface area (Å²) >= 11 is 0. The van der Waals surface area contributed by atoms with Crippen LogP contribution in [0.4, 0.5) is 5.69 Å². The number of amides is 1. The van der Waals surface area contributed by atoms with E-state index < -0.39 is 6.04 Å². The van der Waals surface area contributed by atoms with E-state index in [1.807, 2.05) is 13.0 Å². The third kappa shape index (κ3) is 4.50. The van der Waals surface area contributed by atoms with Gasteiger partial charge in [0.15, 0.2) is 0 Å². The molecule has 0 aromatic carbocycles.